The molecule has 0 N–H and O–H groups in total. The van der Waals surface area contributed by atoms with Crippen LogP contribution in [0.2, 0.25) is 0 Å². The number of nitrogens with zero attached hydrogens (tertiary/aromatic N) is 1. The molecule has 1 aliphatic heterocycles. The zero-order valence-corrected chi connectivity index (χ0v) is 13.3. The van der Waals surface area contributed by atoms with Gasteiger partial charge >= 0.3 is 6.09 Å². The Labute approximate surface area is 123 Å². The molecule has 0 spiro atoms. The van der Waals surface area contributed by atoms with Gasteiger partial charge in [0.15, 0.2) is 0 Å². The van der Waals surface area contributed by atoms with Gasteiger partial charge in [0, 0.05) is 11.0 Å². The fourth-order valence-electron chi connectivity index (χ4n) is 2.25. The van der Waals surface area contributed by atoms with Gasteiger partial charge in [-0.2, -0.15) is 0 Å². The number of carbonyl (C=O) groups excluding carboxylic acids is 1. The monoisotopic (exact) mass is 325 g/mol. The lowest BCUT2D eigenvalue weighted by Crippen LogP contribution is -2.37. The first-order chi connectivity index (χ1) is 8.88. The molecule has 0 aliphatic carbocycles. The number of ether oxygens (including phenoxy) is 1. The Morgan fingerprint density at radius 2 is 2.05 bits per heavy atom. The van der Waals surface area contributed by atoms with Gasteiger partial charge in [-0.1, -0.05) is 22.0 Å². The molecule has 104 valence electrons. The van der Waals surface area contributed by atoms with Gasteiger partial charge in [-0.25, -0.2) is 4.79 Å². The number of halogens is 1. The van der Waals surface area contributed by atoms with E-state index in [-0.39, 0.29) is 6.09 Å². The predicted molar refractivity (Wildman–Crippen MR) is 80.7 cm³/mol. The number of carbonyl (C=O) groups is 1. The summed E-state index contributed by atoms with van der Waals surface area (Å²) in [7, 11) is 0. The Morgan fingerprint density at radius 1 is 1.32 bits per heavy atom. The van der Waals surface area contributed by atoms with Crippen molar-refractivity contribution in [2.45, 2.75) is 45.6 Å². The molecule has 0 saturated heterocycles. The van der Waals surface area contributed by atoms with E-state index in [0.717, 1.165) is 36.0 Å². The van der Waals surface area contributed by atoms with E-state index < -0.39 is 5.60 Å². The van der Waals surface area contributed by atoms with Crippen molar-refractivity contribution in [1.82, 2.24) is 0 Å². The maximum absolute atomic E-state index is 12.3. The van der Waals surface area contributed by atoms with Crippen LogP contribution in [0, 0.1) is 0 Å². The van der Waals surface area contributed by atoms with Crippen LogP contribution >= 0.6 is 15.9 Å². The maximum Gasteiger partial charge on any atom is 0.414 e. The molecule has 0 saturated carbocycles. The lowest BCUT2D eigenvalue weighted by molar-refractivity contribution is 0.0580. The van der Waals surface area contributed by atoms with E-state index in [4.69, 9.17) is 4.74 Å². The van der Waals surface area contributed by atoms with Crippen LogP contribution in [0.3, 0.4) is 0 Å². The smallest absolute Gasteiger partial charge is 0.414 e. The van der Waals surface area contributed by atoms with Crippen LogP contribution in [0.4, 0.5) is 10.5 Å². The molecule has 1 aliphatic rings. The average molecular weight is 326 g/mol. The molecule has 0 atom stereocenters. The third-order valence-corrected chi connectivity index (χ3v) is 3.80. The molecular weight excluding hydrogens is 306 g/mol. The fourth-order valence-corrected chi connectivity index (χ4v) is 2.80. The summed E-state index contributed by atoms with van der Waals surface area (Å²) in [6, 6.07) is 5.98. The molecular formula is C15H20BrNO2. The maximum atomic E-state index is 12.3. The molecule has 3 nitrogen and oxygen atoms in total. The largest absolute Gasteiger partial charge is 0.443 e. The van der Waals surface area contributed by atoms with Crippen LogP contribution in [0.15, 0.2) is 22.7 Å². The van der Waals surface area contributed by atoms with Crippen LogP contribution in [-0.2, 0) is 11.2 Å². The zero-order chi connectivity index (χ0) is 14.0. The number of benzene rings is 1. The van der Waals surface area contributed by atoms with E-state index in [1.165, 1.54) is 5.56 Å². The Balaban J connectivity index is 2.32. The summed E-state index contributed by atoms with van der Waals surface area (Å²) in [6.45, 7) is 6.40. The molecule has 2 rings (SSSR count). The second-order valence-corrected chi connectivity index (χ2v) is 6.68. The van der Waals surface area contributed by atoms with Crippen molar-refractivity contribution in [3.8, 4) is 0 Å². The molecule has 19 heavy (non-hydrogen) atoms. The quantitative estimate of drug-likeness (QED) is 0.701. The first-order valence-corrected chi connectivity index (χ1v) is 7.46. The van der Waals surface area contributed by atoms with Crippen molar-refractivity contribution in [2.75, 3.05) is 11.4 Å². The summed E-state index contributed by atoms with van der Waals surface area (Å²) in [5.41, 5.74) is 1.71. The fraction of sp³-hybridized carbons (Fsp3) is 0.533. The van der Waals surface area contributed by atoms with Crippen LogP contribution in [0.5, 0.6) is 0 Å². The van der Waals surface area contributed by atoms with Gasteiger partial charge in [0.25, 0.3) is 0 Å². The van der Waals surface area contributed by atoms with Gasteiger partial charge < -0.3 is 4.74 Å². The molecule has 0 bridgehead atoms. The first kappa shape index (κ1) is 14.4. The molecule has 1 aromatic carbocycles. The van der Waals surface area contributed by atoms with E-state index in [2.05, 4.69) is 15.9 Å². The second kappa shape index (κ2) is 5.53. The van der Waals surface area contributed by atoms with Gasteiger partial charge in [-0.05, 0) is 57.7 Å². The van der Waals surface area contributed by atoms with Crippen LogP contribution in [0.25, 0.3) is 0 Å². The van der Waals surface area contributed by atoms with E-state index in [9.17, 15) is 4.79 Å². The minimum atomic E-state index is -0.463. The molecule has 1 amide bonds. The summed E-state index contributed by atoms with van der Waals surface area (Å²) in [5, 5.41) is 0. The van der Waals surface area contributed by atoms with Gasteiger partial charge in [0.05, 0.1) is 5.69 Å². The van der Waals surface area contributed by atoms with E-state index >= 15 is 0 Å². The number of fused-ring (bicyclic) bond motifs is 1. The molecule has 0 radical (unpaired) electrons. The minimum Gasteiger partial charge on any atom is -0.443 e. The van der Waals surface area contributed by atoms with Crippen molar-refractivity contribution in [3.63, 3.8) is 0 Å². The number of hydrogen-bond acceptors (Lipinski definition) is 2. The highest BCUT2D eigenvalue weighted by molar-refractivity contribution is 9.10. The van der Waals surface area contributed by atoms with Crippen LogP contribution in [0.1, 0.15) is 39.2 Å². The van der Waals surface area contributed by atoms with Gasteiger partial charge in [-0.3, -0.25) is 4.90 Å². The Bertz CT molecular complexity index is 480. The Hall–Kier alpha value is -1.03. The van der Waals surface area contributed by atoms with Crippen molar-refractivity contribution < 1.29 is 9.53 Å². The SMILES string of the molecule is CC(C)(C)OC(=O)N1CCCCc2c(Br)cccc21. The number of anilines is 1. The molecule has 1 heterocycles. The summed E-state index contributed by atoms with van der Waals surface area (Å²) in [4.78, 5) is 14.1. The van der Waals surface area contributed by atoms with Crippen LogP contribution in [-0.4, -0.2) is 18.2 Å². The number of rotatable bonds is 0. The highest BCUT2D eigenvalue weighted by Crippen LogP contribution is 2.32. The molecule has 0 aromatic heterocycles. The van der Waals surface area contributed by atoms with Gasteiger partial charge in [0.2, 0.25) is 0 Å². The predicted octanol–water partition coefficient (Wildman–Crippen LogP) is 4.53. The standard InChI is InChI=1S/C15H20BrNO2/c1-15(2,3)19-14(18)17-10-5-4-7-11-12(16)8-6-9-13(11)17/h6,8-9H,4-5,7,10H2,1-3H3. The topological polar surface area (TPSA) is 29.5 Å². The minimum absolute atomic E-state index is 0.256. The second-order valence-electron chi connectivity index (χ2n) is 5.83. The molecule has 0 fully saturated rings. The highest BCUT2D eigenvalue weighted by atomic mass is 79.9. The third-order valence-electron chi connectivity index (χ3n) is 3.06. The van der Waals surface area contributed by atoms with Crippen molar-refractivity contribution in [3.05, 3.63) is 28.2 Å². The van der Waals surface area contributed by atoms with Gasteiger partial charge in [-0.15, -0.1) is 0 Å². The van der Waals surface area contributed by atoms with E-state index in [0.29, 0.717) is 0 Å². The van der Waals surface area contributed by atoms with E-state index in [1.807, 2.05) is 39.0 Å². The summed E-state index contributed by atoms with van der Waals surface area (Å²) < 4.78 is 6.57. The Morgan fingerprint density at radius 3 is 2.74 bits per heavy atom. The zero-order valence-electron chi connectivity index (χ0n) is 11.7. The first-order valence-electron chi connectivity index (χ1n) is 6.66. The highest BCUT2D eigenvalue weighted by Gasteiger charge is 2.26. The van der Waals surface area contributed by atoms with Crippen LogP contribution < -0.4 is 4.90 Å². The van der Waals surface area contributed by atoms with Crippen molar-refractivity contribution >= 4 is 27.7 Å². The Kier molecular flexibility index (Phi) is 4.19. The summed E-state index contributed by atoms with van der Waals surface area (Å²) >= 11 is 3.58. The lowest BCUT2D eigenvalue weighted by atomic mass is 10.1. The van der Waals surface area contributed by atoms with Gasteiger partial charge in [0.1, 0.15) is 5.60 Å². The number of amides is 1. The third kappa shape index (κ3) is 3.50. The van der Waals surface area contributed by atoms with E-state index in [1.54, 1.807) is 4.90 Å². The molecule has 1 aromatic rings. The molecule has 4 heteroatoms. The van der Waals surface area contributed by atoms with Crippen molar-refractivity contribution in [1.29, 1.82) is 0 Å². The summed E-state index contributed by atoms with van der Waals surface area (Å²) in [6.07, 6.45) is 2.83. The number of hydrogen-bond donors (Lipinski definition) is 0. The normalized spacial score (nSPS) is 15.7. The summed E-state index contributed by atoms with van der Waals surface area (Å²) in [5.74, 6) is 0. The lowest BCUT2D eigenvalue weighted by Gasteiger charge is -2.27. The molecule has 0 unspecified atom stereocenters. The average Bonchev–Trinajstić information content (AvgIpc) is 2.50. The van der Waals surface area contributed by atoms with Crippen molar-refractivity contribution in [2.24, 2.45) is 0 Å².